The van der Waals surface area contributed by atoms with Crippen molar-refractivity contribution in [2.75, 3.05) is 11.5 Å². The van der Waals surface area contributed by atoms with Gasteiger partial charge in [-0.05, 0) is 17.7 Å². The molecule has 4 aromatic rings. The third-order valence-electron chi connectivity index (χ3n) is 3.92. The minimum Gasteiger partial charge on any atom is -0.383 e. The lowest BCUT2D eigenvalue weighted by atomic mass is 10.1. The number of aromatic nitrogens is 2. The summed E-state index contributed by atoms with van der Waals surface area (Å²) in [5, 5.41) is 0.505. The van der Waals surface area contributed by atoms with Crippen molar-refractivity contribution >= 4 is 43.2 Å². The lowest BCUT2D eigenvalue weighted by Gasteiger charge is -2.07. The van der Waals surface area contributed by atoms with Gasteiger partial charge in [-0.2, -0.15) is 4.98 Å². The number of hydrogen-bond acceptors (Lipinski definition) is 7. The Morgan fingerprint density at radius 3 is 2.12 bits per heavy atom. The molecule has 4 rings (SSSR count). The molecule has 0 aliphatic heterocycles. The molecule has 0 aliphatic rings. The maximum absolute atomic E-state index is 13.3. The van der Waals surface area contributed by atoms with E-state index in [1.807, 2.05) is 30.3 Å². The lowest BCUT2D eigenvalue weighted by molar-refractivity contribution is 0.598. The van der Waals surface area contributed by atoms with Crippen molar-refractivity contribution < 1.29 is 8.42 Å². The molecule has 0 bridgehead atoms. The van der Waals surface area contributed by atoms with Gasteiger partial charge in [-0.25, -0.2) is 13.4 Å². The molecule has 0 aliphatic carbocycles. The zero-order valence-corrected chi connectivity index (χ0v) is 15.1. The first-order valence-electron chi connectivity index (χ1n) is 7.69. The van der Waals surface area contributed by atoms with Crippen molar-refractivity contribution in [3.05, 3.63) is 60.7 Å². The van der Waals surface area contributed by atoms with E-state index in [2.05, 4.69) is 9.97 Å². The number of sulfone groups is 1. The van der Waals surface area contributed by atoms with Gasteiger partial charge < -0.3 is 11.5 Å². The number of hydrogen-bond donors (Lipinski definition) is 2. The van der Waals surface area contributed by atoms with Crippen molar-refractivity contribution in [1.29, 1.82) is 0 Å². The molecule has 0 saturated heterocycles. The van der Waals surface area contributed by atoms with Crippen molar-refractivity contribution in [1.82, 2.24) is 9.97 Å². The van der Waals surface area contributed by atoms with Crippen molar-refractivity contribution in [3.8, 4) is 11.1 Å². The van der Waals surface area contributed by atoms with Crippen molar-refractivity contribution in [2.45, 2.75) is 9.10 Å². The van der Waals surface area contributed by atoms with Gasteiger partial charge >= 0.3 is 0 Å². The quantitative estimate of drug-likeness (QED) is 0.562. The van der Waals surface area contributed by atoms with Crippen LogP contribution >= 0.6 is 11.3 Å². The standard InChI is InChI=1S/C18H14N4O2S2/c19-15-14-13(11-7-3-1-4-8-11)17(25-16(14)22-18(20)21-15)26(23,24)12-9-5-2-6-10-12/h1-10H,(H4,19,20,21,22). The molecule has 4 N–H and O–H groups in total. The van der Waals surface area contributed by atoms with Crippen LogP contribution in [0, 0.1) is 0 Å². The zero-order valence-electron chi connectivity index (χ0n) is 13.5. The molecule has 0 unspecified atom stereocenters. The van der Waals surface area contributed by atoms with Gasteiger partial charge in [0.15, 0.2) is 0 Å². The second-order valence-corrected chi connectivity index (χ2v) is 8.74. The fraction of sp³-hybridized carbons (Fsp3) is 0. The summed E-state index contributed by atoms with van der Waals surface area (Å²) in [5.41, 5.74) is 13.0. The number of nitrogens with zero attached hydrogens (tertiary/aromatic N) is 2. The molecular weight excluding hydrogens is 368 g/mol. The van der Waals surface area contributed by atoms with E-state index in [0.717, 1.165) is 16.9 Å². The summed E-state index contributed by atoms with van der Waals surface area (Å²) in [4.78, 5) is 8.86. The summed E-state index contributed by atoms with van der Waals surface area (Å²) in [5.74, 6) is 0.177. The number of anilines is 2. The lowest BCUT2D eigenvalue weighted by Crippen LogP contribution is -2.02. The molecule has 2 aromatic carbocycles. The average molecular weight is 382 g/mol. The summed E-state index contributed by atoms with van der Waals surface area (Å²) in [6, 6.07) is 17.5. The van der Waals surface area contributed by atoms with Gasteiger partial charge in [-0.3, -0.25) is 0 Å². The van der Waals surface area contributed by atoms with Gasteiger partial charge in [0.25, 0.3) is 0 Å². The summed E-state index contributed by atoms with van der Waals surface area (Å²) < 4.78 is 26.7. The highest BCUT2D eigenvalue weighted by molar-refractivity contribution is 7.93. The normalized spacial score (nSPS) is 11.7. The minimum absolute atomic E-state index is 0.0134. The maximum atomic E-state index is 13.3. The van der Waals surface area contributed by atoms with Gasteiger partial charge in [-0.1, -0.05) is 48.5 Å². The number of nitrogen functional groups attached to an aromatic ring is 2. The molecule has 0 amide bonds. The van der Waals surface area contributed by atoms with Gasteiger partial charge in [0.2, 0.25) is 15.8 Å². The van der Waals surface area contributed by atoms with Crippen LogP contribution in [0.4, 0.5) is 11.8 Å². The molecule has 0 fully saturated rings. The van der Waals surface area contributed by atoms with Crippen molar-refractivity contribution in [2.24, 2.45) is 0 Å². The highest BCUT2D eigenvalue weighted by Gasteiger charge is 2.28. The molecule has 8 heteroatoms. The summed E-state index contributed by atoms with van der Waals surface area (Å²) in [6.07, 6.45) is 0. The number of benzene rings is 2. The molecule has 2 aromatic heterocycles. The van der Waals surface area contributed by atoms with E-state index >= 15 is 0 Å². The van der Waals surface area contributed by atoms with E-state index in [-0.39, 0.29) is 20.9 Å². The first-order valence-corrected chi connectivity index (χ1v) is 9.99. The van der Waals surface area contributed by atoms with E-state index in [9.17, 15) is 8.42 Å². The van der Waals surface area contributed by atoms with Crippen LogP contribution in [0.15, 0.2) is 69.8 Å². The molecule has 2 heterocycles. The molecule has 0 radical (unpaired) electrons. The third-order valence-corrected chi connectivity index (χ3v) is 7.30. The average Bonchev–Trinajstić information content (AvgIpc) is 3.03. The smallest absolute Gasteiger partial charge is 0.223 e. The molecular formula is C18H14N4O2S2. The first kappa shape index (κ1) is 16.5. The van der Waals surface area contributed by atoms with Crippen LogP contribution in [-0.4, -0.2) is 18.4 Å². The fourth-order valence-corrected chi connectivity index (χ4v) is 5.91. The number of nitrogens with two attached hydrogens (primary N) is 2. The Labute approximate surface area is 154 Å². The van der Waals surface area contributed by atoms with E-state index in [1.54, 1.807) is 30.3 Å². The monoisotopic (exact) mass is 382 g/mol. The van der Waals surface area contributed by atoms with Gasteiger partial charge in [0.05, 0.1) is 10.3 Å². The summed E-state index contributed by atoms with van der Waals surface area (Å²) in [6.45, 7) is 0. The third kappa shape index (κ3) is 2.59. The van der Waals surface area contributed by atoms with Crippen LogP contribution in [0.3, 0.4) is 0 Å². The Balaban J connectivity index is 2.12. The molecule has 6 nitrogen and oxygen atoms in total. The van der Waals surface area contributed by atoms with Crippen LogP contribution in [0.2, 0.25) is 0 Å². The Kier molecular flexibility index (Phi) is 3.86. The van der Waals surface area contributed by atoms with E-state index < -0.39 is 9.84 Å². The number of thiophene rings is 1. The van der Waals surface area contributed by atoms with Crippen LogP contribution in [0.1, 0.15) is 0 Å². The molecule has 130 valence electrons. The SMILES string of the molecule is Nc1nc(N)c2c(-c3ccccc3)c(S(=O)(=O)c3ccccc3)sc2n1. The maximum Gasteiger partial charge on any atom is 0.223 e. The van der Waals surface area contributed by atoms with Crippen molar-refractivity contribution in [3.63, 3.8) is 0 Å². The topological polar surface area (TPSA) is 112 Å². The van der Waals surface area contributed by atoms with Gasteiger partial charge in [0.1, 0.15) is 14.9 Å². The highest BCUT2D eigenvalue weighted by atomic mass is 32.2. The summed E-state index contributed by atoms with van der Waals surface area (Å²) >= 11 is 1.05. The number of fused-ring (bicyclic) bond motifs is 1. The Bertz CT molecular complexity index is 1200. The molecule has 0 spiro atoms. The van der Waals surface area contributed by atoms with E-state index in [1.165, 1.54) is 0 Å². The van der Waals surface area contributed by atoms with Crippen LogP contribution in [0.25, 0.3) is 21.3 Å². The Morgan fingerprint density at radius 1 is 0.846 bits per heavy atom. The summed E-state index contributed by atoms with van der Waals surface area (Å²) in [7, 11) is -3.75. The predicted octanol–water partition coefficient (Wildman–Crippen LogP) is 3.36. The molecule has 26 heavy (non-hydrogen) atoms. The Morgan fingerprint density at radius 2 is 1.46 bits per heavy atom. The van der Waals surface area contributed by atoms with E-state index in [4.69, 9.17) is 11.5 Å². The van der Waals surface area contributed by atoms with Crippen LogP contribution < -0.4 is 11.5 Å². The molecule has 0 atom stereocenters. The number of rotatable bonds is 3. The van der Waals surface area contributed by atoms with Gasteiger partial charge in [-0.15, -0.1) is 11.3 Å². The van der Waals surface area contributed by atoms with Crippen LogP contribution in [0.5, 0.6) is 0 Å². The Hall–Kier alpha value is -2.97. The highest BCUT2D eigenvalue weighted by Crippen LogP contribution is 2.44. The fourth-order valence-electron chi connectivity index (χ4n) is 2.79. The molecule has 0 saturated carbocycles. The van der Waals surface area contributed by atoms with Gasteiger partial charge in [0, 0.05) is 5.56 Å². The second-order valence-electron chi connectivity index (χ2n) is 5.59. The predicted molar refractivity (Wildman–Crippen MR) is 104 cm³/mol. The second kappa shape index (κ2) is 6.08. The van der Waals surface area contributed by atoms with Crippen LogP contribution in [-0.2, 0) is 9.84 Å². The van der Waals surface area contributed by atoms with E-state index in [0.29, 0.717) is 15.8 Å². The first-order chi connectivity index (χ1) is 12.5. The largest absolute Gasteiger partial charge is 0.383 e. The zero-order chi connectivity index (χ0) is 18.3. The minimum atomic E-state index is -3.75.